The number of hydrogen-bond donors (Lipinski definition) is 2. The first-order valence-corrected chi connectivity index (χ1v) is 5.18. The van der Waals surface area contributed by atoms with E-state index in [0.717, 1.165) is 12.1 Å². The number of aromatic amines is 1. The molecule has 1 fully saturated rings. The molecule has 2 unspecified atom stereocenters. The van der Waals surface area contributed by atoms with Crippen LogP contribution in [0.5, 0.6) is 0 Å². The highest BCUT2D eigenvalue weighted by molar-refractivity contribution is 5.39. The number of methoxy groups -OCH3 is 1. The zero-order valence-electron chi connectivity index (χ0n) is 8.49. The molecular formula is C10H17N3O. The van der Waals surface area contributed by atoms with Crippen molar-refractivity contribution in [3.8, 4) is 0 Å². The molecular weight excluding hydrogens is 178 g/mol. The number of ether oxygens (including phenoxy) is 1. The molecule has 4 nitrogen and oxygen atoms in total. The average Bonchev–Trinajstić information content (AvgIpc) is 2.71. The standard InChI is InChI=1S/C10H17N3O/c1-14-10-5-3-2-4-9(10)13-8-6-11-12-7-8/h6-7,9-10,13H,2-5H2,1H3,(H,11,12). The Balaban J connectivity index is 1.94. The van der Waals surface area contributed by atoms with Crippen LogP contribution in [0.3, 0.4) is 0 Å². The number of nitrogens with one attached hydrogen (secondary N) is 2. The molecule has 0 aliphatic heterocycles. The fourth-order valence-electron chi connectivity index (χ4n) is 2.09. The predicted molar refractivity (Wildman–Crippen MR) is 55.3 cm³/mol. The van der Waals surface area contributed by atoms with E-state index in [1.54, 1.807) is 13.3 Å². The minimum absolute atomic E-state index is 0.346. The molecule has 1 heterocycles. The van der Waals surface area contributed by atoms with Crippen molar-refractivity contribution >= 4 is 5.69 Å². The third kappa shape index (κ3) is 2.07. The number of H-pyrrole nitrogens is 1. The van der Waals surface area contributed by atoms with Gasteiger partial charge in [0.15, 0.2) is 0 Å². The third-order valence-electron chi connectivity index (χ3n) is 2.86. The van der Waals surface area contributed by atoms with E-state index in [9.17, 15) is 0 Å². The second-order valence-electron chi connectivity index (χ2n) is 3.80. The van der Waals surface area contributed by atoms with Crippen molar-refractivity contribution in [2.45, 2.75) is 37.8 Å². The summed E-state index contributed by atoms with van der Waals surface area (Å²) in [5, 5.41) is 10.2. The Bertz CT molecular complexity index is 260. The van der Waals surface area contributed by atoms with E-state index >= 15 is 0 Å². The maximum Gasteiger partial charge on any atom is 0.0772 e. The molecule has 14 heavy (non-hydrogen) atoms. The predicted octanol–water partition coefficient (Wildman–Crippen LogP) is 1.78. The zero-order chi connectivity index (χ0) is 9.80. The molecule has 0 amide bonds. The molecule has 2 rings (SSSR count). The van der Waals surface area contributed by atoms with Crippen LogP contribution >= 0.6 is 0 Å². The van der Waals surface area contributed by atoms with Crippen LogP contribution in [-0.2, 0) is 4.74 Å². The van der Waals surface area contributed by atoms with Crippen molar-refractivity contribution in [1.82, 2.24) is 10.2 Å². The summed E-state index contributed by atoms with van der Waals surface area (Å²) in [5.41, 5.74) is 1.05. The number of aromatic nitrogens is 2. The van der Waals surface area contributed by atoms with Crippen molar-refractivity contribution in [2.24, 2.45) is 0 Å². The van der Waals surface area contributed by atoms with E-state index in [-0.39, 0.29) is 0 Å². The van der Waals surface area contributed by atoms with Gasteiger partial charge in [0, 0.05) is 13.3 Å². The highest BCUT2D eigenvalue weighted by Gasteiger charge is 2.24. The first-order valence-electron chi connectivity index (χ1n) is 5.18. The largest absolute Gasteiger partial charge is 0.379 e. The Morgan fingerprint density at radius 1 is 1.50 bits per heavy atom. The number of rotatable bonds is 3. The van der Waals surface area contributed by atoms with Crippen LogP contribution in [0.15, 0.2) is 12.4 Å². The Labute approximate surface area is 84.0 Å². The highest BCUT2D eigenvalue weighted by atomic mass is 16.5. The van der Waals surface area contributed by atoms with Gasteiger partial charge in [-0.3, -0.25) is 5.10 Å². The summed E-state index contributed by atoms with van der Waals surface area (Å²) < 4.78 is 5.46. The molecule has 1 saturated carbocycles. The van der Waals surface area contributed by atoms with E-state index in [0.29, 0.717) is 12.1 Å². The normalized spacial score (nSPS) is 27.5. The maximum atomic E-state index is 5.46. The lowest BCUT2D eigenvalue weighted by molar-refractivity contribution is 0.0606. The summed E-state index contributed by atoms with van der Waals surface area (Å²) in [6.45, 7) is 0. The van der Waals surface area contributed by atoms with Crippen LogP contribution in [-0.4, -0.2) is 29.5 Å². The van der Waals surface area contributed by atoms with Gasteiger partial charge in [0.2, 0.25) is 0 Å². The van der Waals surface area contributed by atoms with Crippen molar-refractivity contribution in [3.05, 3.63) is 12.4 Å². The van der Waals surface area contributed by atoms with Crippen LogP contribution in [0.1, 0.15) is 25.7 Å². The van der Waals surface area contributed by atoms with Gasteiger partial charge in [-0.2, -0.15) is 5.10 Å². The fourth-order valence-corrected chi connectivity index (χ4v) is 2.09. The third-order valence-corrected chi connectivity index (χ3v) is 2.86. The Morgan fingerprint density at radius 2 is 2.36 bits per heavy atom. The summed E-state index contributed by atoms with van der Waals surface area (Å²) in [4.78, 5) is 0. The SMILES string of the molecule is COC1CCCCC1Nc1cn[nH]c1. The molecule has 0 radical (unpaired) electrons. The van der Waals surface area contributed by atoms with Gasteiger partial charge in [-0.15, -0.1) is 0 Å². The summed E-state index contributed by atoms with van der Waals surface area (Å²) in [7, 11) is 1.79. The second kappa shape index (κ2) is 4.46. The smallest absolute Gasteiger partial charge is 0.0772 e. The van der Waals surface area contributed by atoms with Gasteiger partial charge in [0.05, 0.1) is 24.0 Å². The molecule has 0 saturated heterocycles. The van der Waals surface area contributed by atoms with Crippen molar-refractivity contribution in [3.63, 3.8) is 0 Å². The summed E-state index contributed by atoms with van der Waals surface area (Å²) >= 11 is 0. The number of anilines is 1. The molecule has 0 aromatic carbocycles. The molecule has 1 aromatic heterocycles. The van der Waals surface area contributed by atoms with Crippen molar-refractivity contribution in [1.29, 1.82) is 0 Å². The molecule has 4 heteroatoms. The molecule has 78 valence electrons. The van der Waals surface area contributed by atoms with Crippen LogP contribution in [0.4, 0.5) is 5.69 Å². The summed E-state index contributed by atoms with van der Waals surface area (Å²) in [6.07, 6.45) is 8.94. The van der Waals surface area contributed by atoms with E-state index in [2.05, 4.69) is 15.5 Å². The topological polar surface area (TPSA) is 49.9 Å². The maximum absolute atomic E-state index is 5.46. The van der Waals surface area contributed by atoms with Gasteiger partial charge in [0.25, 0.3) is 0 Å². The first-order chi connectivity index (χ1) is 6.90. The van der Waals surface area contributed by atoms with E-state index < -0.39 is 0 Å². The minimum atomic E-state index is 0.346. The molecule has 0 bridgehead atoms. The average molecular weight is 195 g/mol. The highest BCUT2D eigenvalue weighted by Crippen LogP contribution is 2.23. The van der Waals surface area contributed by atoms with Crippen LogP contribution in [0, 0.1) is 0 Å². The zero-order valence-corrected chi connectivity index (χ0v) is 8.49. The Kier molecular flexibility index (Phi) is 3.03. The van der Waals surface area contributed by atoms with E-state index in [1.807, 2.05) is 6.20 Å². The fraction of sp³-hybridized carbons (Fsp3) is 0.700. The number of nitrogens with zero attached hydrogens (tertiary/aromatic N) is 1. The van der Waals surface area contributed by atoms with Crippen molar-refractivity contribution in [2.75, 3.05) is 12.4 Å². The van der Waals surface area contributed by atoms with E-state index in [1.165, 1.54) is 19.3 Å². The van der Waals surface area contributed by atoms with Crippen LogP contribution < -0.4 is 5.32 Å². The molecule has 2 atom stereocenters. The van der Waals surface area contributed by atoms with Gasteiger partial charge < -0.3 is 10.1 Å². The number of hydrogen-bond acceptors (Lipinski definition) is 3. The molecule has 1 aliphatic carbocycles. The van der Waals surface area contributed by atoms with Gasteiger partial charge in [0.1, 0.15) is 0 Å². The van der Waals surface area contributed by atoms with Crippen molar-refractivity contribution < 1.29 is 4.74 Å². The molecule has 0 spiro atoms. The summed E-state index contributed by atoms with van der Waals surface area (Å²) in [5.74, 6) is 0. The second-order valence-corrected chi connectivity index (χ2v) is 3.80. The lowest BCUT2D eigenvalue weighted by atomic mass is 9.92. The van der Waals surface area contributed by atoms with Gasteiger partial charge >= 0.3 is 0 Å². The Morgan fingerprint density at radius 3 is 3.07 bits per heavy atom. The summed E-state index contributed by atoms with van der Waals surface area (Å²) in [6, 6.07) is 0.436. The molecule has 2 N–H and O–H groups in total. The minimum Gasteiger partial charge on any atom is -0.379 e. The van der Waals surface area contributed by atoms with Crippen LogP contribution in [0.2, 0.25) is 0 Å². The monoisotopic (exact) mass is 195 g/mol. The lowest BCUT2D eigenvalue weighted by Crippen LogP contribution is -2.37. The van der Waals surface area contributed by atoms with E-state index in [4.69, 9.17) is 4.74 Å². The molecule has 1 aliphatic rings. The lowest BCUT2D eigenvalue weighted by Gasteiger charge is -2.31. The first kappa shape index (κ1) is 9.52. The van der Waals surface area contributed by atoms with Gasteiger partial charge in [-0.1, -0.05) is 12.8 Å². The van der Waals surface area contributed by atoms with Crippen LogP contribution in [0.25, 0.3) is 0 Å². The Hall–Kier alpha value is -1.03. The van der Waals surface area contributed by atoms with Gasteiger partial charge in [-0.25, -0.2) is 0 Å². The molecule has 1 aromatic rings. The quantitative estimate of drug-likeness (QED) is 0.773. The van der Waals surface area contributed by atoms with Gasteiger partial charge in [-0.05, 0) is 12.8 Å².